The fraction of sp³-hybridized carbons (Fsp3) is 0.538. The maximum Gasteiger partial charge on any atom is 0.269 e. The van der Waals surface area contributed by atoms with Gasteiger partial charge in [-0.15, -0.1) is 0 Å². The topological polar surface area (TPSA) is 77.2 Å². The fourth-order valence-corrected chi connectivity index (χ4v) is 1.95. The van der Waals surface area contributed by atoms with E-state index in [1.165, 1.54) is 6.42 Å². The Bertz CT molecular complexity index is 386. The van der Waals surface area contributed by atoms with E-state index in [2.05, 4.69) is 10.3 Å². The quantitative estimate of drug-likeness (QED) is 0.829. The highest BCUT2D eigenvalue weighted by molar-refractivity contribution is 5.92. The second-order valence-corrected chi connectivity index (χ2v) is 4.45. The lowest BCUT2D eigenvalue weighted by atomic mass is 10.1. The van der Waals surface area contributed by atoms with Gasteiger partial charge < -0.3 is 15.8 Å². The lowest BCUT2D eigenvalue weighted by Crippen LogP contribution is -2.35. The van der Waals surface area contributed by atoms with Crippen LogP contribution in [0.5, 0.6) is 0 Å². The molecular formula is C13H19N3O2. The normalized spacial score (nSPS) is 19.5. The fourth-order valence-electron chi connectivity index (χ4n) is 1.95. The molecular weight excluding hydrogens is 230 g/mol. The Morgan fingerprint density at radius 2 is 2.39 bits per heavy atom. The maximum absolute atomic E-state index is 11.8. The zero-order chi connectivity index (χ0) is 12.8. The van der Waals surface area contributed by atoms with Crippen LogP contribution in [0.15, 0.2) is 18.3 Å². The Morgan fingerprint density at radius 1 is 1.50 bits per heavy atom. The summed E-state index contributed by atoms with van der Waals surface area (Å²) < 4.78 is 5.55. The SMILES string of the molecule is NCc1ccc(C(=O)NCC2CCCCO2)nc1. The summed E-state index contributed by atoms with van der Waals surface area (Å²) in [5.41, 5.74) is 6.81. The molecule has 5 heteroatoms. The maximum atomic E-state index is 11.8. The number of ether oxygens (including phenoxy) is 1. The Kier molecular flexibility index (Phi) is 4.66. The molecule has 0 aliphatic carbocycles. The first-order valence-electron chi connectivity index (χ1n) is 6.34. The van der Waals surface area contributed by atoms with Crippen molar-refractivity contribution < 1.29 is 9.53 Å². The Labute approximate surface area is 107 Å². The van der Waals surface area contributed by atoms with E-state index in [1.807, 2.05) is 6.07 Å². The third-order valence-electron chi connectivity index (χ3n) is 3.06. The van der Waals surface area contributed by atoms with Crippen LogP contribution in [-0.4, -0.2) is 30.1 Å². The van der Waals surface area contributed by atoms with E-state index in [-0.39, 0.29) is 12.0 Å². The van der Waals surface area contributed by atoms with Gasteiger partial charge in [-0.05, 0) is 30.9 Å². The van der Waals surface area contributed by atoms with Gasteiger partial charge in [-0.2, -0.15) is 0 Å². The predicted octanol–water partition coefficient (Wildman–Crippen LogP) is 0.839. The largest absolute Gasteiger partial charge is 0.376 e. The second kappa shape index (κ2) is 6.47. The van der Waals surface area contributed by atoms with E-state index in [4.69, 9.17) is 10.5 Å². The molecule has 1 aliphatic rings. The smallest absolute Gasteiger partial charge is 0.269 e. The van der Waals surface area contributed by atoms with Crippen molar-refractivity contribution in [3.8, 4) is 0 Å². The van der Waals surface area contributed by atoms with Crippen LogP contribution in [0.4, 0.5) is 0 Å². The number of nitrogens with one attached hydrogen (secondary N) is 1. The zero-order valence-corrected chi connectivity index (χ0v) is 10.4. The molecule has 1 atom stereocenters. The van der Waals surface area contributed by atoms with Gasteiger partial charge >= 0.3 is 0 Å². The van der Waals surface area contributed by atoms with Crippen LogP contribution in [0.3, 0.4) is 0 Å². The Morgan fingerprint density at radius 3 is 3.00 bits per heavy atom. The molecule has 2 heterocycles. The molecule has 1 aromatic heterocycles. The first kappa shape index (κ1) is 13.0. The van der Waals surface area contributed by atoms with Gasteiger partial charge in [-0.25, -0.2) is 0 Å². The van der Waals surface area contributed by atoms with Gasteiger partial charge in [0, 0.05) is 25.9 Å². The van der Waals surface area contributed by atoms with Crippen LogP contribution < -0.4 is 11.1 Å². The molecule has 0 spiro atoms. The van der Waals surface area contributed by atoms with E-state index in [0.717, 1.165) is 25.0 Å². The molecule has 1 amide bonds. The number of carbonyl (C=O) groups is 1. The first-order valence-corrected chi connectivity index (χ1v) is 6.34. The number of rotatable bonds is 4. The number of hydrogen-bond donors (Lipinski definition) is 2. The molecule has 0 radical (unpaired) electrons. The van der Waals surface area contributed by atoms with E-state index >= 15 is 0 Å². The minimum absolute atomic E-state index is 0.144. The summed E-state index contributed by atoms with van der Waals surface area (Å²) in [6.07, 6.45) is 5.08. The number of aromatic nitrogens is 1. The minimum atomic E-state index is -0.159. The molecule has 98 valence electrons. The lowest BCUT2D eigenvalue weighted by Gasteiger charge is -2.22. The molecule has 1 saturated heterocycles. The van der Waals surface area contributed by atoms with Crippen molar-refractivity contribution in [2.24, 2.45) is 5.73 Å². The van der Waals surface area contributed by atoms with Gasteiger partial charge in [0.15, 0.2) is 0 Å². The molecule has 1 fully saturated rings. The second-order valence-electron chi connectivity index (χ2n) is 4.45. The van der Waals surface area contributed by atoms with Crippen LogP contribution in [0, 0.1) is 0 Å². The van der Waals surface area contributed by atoms with Crippen molar-refractivity contribution in [3.05, 3.63) is 29.6 Å². The molecule has 1 unspecified atom stereocenters. The number of hydrogen-bond acceptors (Lipinski definition) is 4. The van der Waals surface area contributed by atoms with Crippen molar-refractivity contribution in [2.75, 3.05) is 13.2 Å². The van der Waals surface area contributed by atoms with Crippen LogP contribution in [0.25, 0.3) is 0 Å². The molecule has 18 heavy (non-hydrogen) atoms. The zero-order valence-electron chi connectivity index (χ0n) is 10.4. The van der Waals surface area contributed by atoms with Crippen molar-refractivity contribution in [1.82, 2.24) is 10.3 Å². The van der Waals surface area contributed by atoms with E-state index in [0.29, 0.717) is 18.8 Å². The summed E-state index contributed by atoms with van der Waals surface area (Å²) in [6, 6.07) is 3.51. The summed E-state index contributed by atoms with van der Waals surface area (Å²) >= 11 is 0. The molecule has 1 aromatic rings. The summed E-state index contributed by atoms with van der Waals surface area (Å²) in [4.78, 5) is 15.9. The number of pyridine rings is 1. The Balaban J connectivity index is 1.82. The number of nitrogens with two attached hydrogens (primary N) is 1. The lowest BCUT2D eigenvalue weighted by molar-refractivity contribution is 0.0168. The van der Waals surface area contributed by atoms with Gasteiger partial charge in [0.2, 0.25) is 0 Å². The van der Waals surface area contributed by atoms with Crippen molar-refractivity contribution in [2.45, 2.75) is 31.9 Å². The standard InChI is InChI=1S/C13H19N3O2/c14-7-10-4-5-12(15-8-10)13(17)16-9-11-3-1-2-6-18-11/h4-5,8,11H,1-3,6-7,9,14H2,(H,16,17). The molecule has 2 rings (SSSR count). The molecule has 0 saturated carbocycles. The molecule has 0 bridgehead atoms. The van der Waals surface area contributed by atoms with Crippen LogP contribution in [0.1, 0.15) is 35.3 Å². The summed E-state index contributed by atoms with van der Waals surface area (Å²) in [6.45, 7) is 1.79. The first-order chi connectivity index (χ1) is 8.79. The average Bonchev–Trinajstić information content (AvgIpc) is 2.46. The molecule has 3 N–H and O–H groups in total. The van der Waals surface area contributed by atoms with Crippen molar-refractivity contribution in [1.29, 1.82) is 0 Å². The van der Waals surface area contributed by atoms with Crippen molar-refractivity contribution >= 4 is 5.91 Å². The molecule has 0 aromatic carbocycles. The summed E-state index contributed by atoms with van der Waals surface area (Å²) in [5.74, 6) is -0.159. The van der Waals surface area contributed by atoms with Crippen LogP contribution >= 0.6 is 0 Å². The predicted molar refractivity (Wildman–Crippen MR) is 68.1 cm³/mol. The number of carbonyl (C=O) groups excluding carboxylic acids is 1. The molecule has 1 aliphatic heterocycles. The number of nitrogens with zero attached hydrogens (tertiary/aromatic N) is 1. The number of amides is 1. The highest BCUT2D eigenvalue weighted by Gasteiger charge is 2.15. The van der Waals surface area contributed by atoms with Crippen molar-refractivity contribution in [3.63, 3.8) is 0 Å². The average molecular weight is 249 g/mol. The van der Waals surface area contributed by atoms with E-state index < -0.39 is 0 Å². The summed E-state index contributed by atoms with van der Waals surface area (Å²) in [5, 5.41) is 2.85. The summed E-state index contributed by atoms with van der Waals surface area (Å²) in [7, 11) is 0. The highest BCUT2D eigenvalue weighted by atomic mass is 16.5. The van der Waals surface area contributed by atoms with Gasteiger partial charge in [0.05, 0.1) is 6.10 Å². The van der Waals surface area contributed by atoms with Gasteiger partial charge in [0.25, 0.3) is 5.91 Å². The highest BCUT2D eigenvalue weighted by Crippen LogP contribution is 2.11. The third kappa shape index (κ3) is 3.51. The van der Waals surface area contributed by atoms with Gasteiger partial charge in [-0.3, -0.25) is 9.78 Å². The van der Waals surface area contributed by atoms with Crippen LogP contribution in [-0.2, 0) is 11.3 Å². The molecule has 5 nitrogen and oxygen atoms in total. The van der Waals surface area contributed by atoms with E-state index in [9.17, 15) is 4.79 Å². The van der Waals surface area contributed by atoms with Gasteiger partial charge in [-0.1, -0.05) is 6.07 Å². The van der Waals surface area contributed by atoms with Crippen LogP contribution in [0.2, 0.25) is 0 Å². The Hall–Kier alpha value is -1.46. The third-order valence-corrected chi connectivity index (χ3v) is 3.06. The minimum Gasteiger partial charge on any atom is -0.376 e. The van der Waals surface area contributed by atoms with Gasteiger partial charge in [0.1, 0.15) is 5.69 Å². The monoisotopic (exact) mass is 249 g/mol. The van der Waals surface area contributed by atoms with E-state index in [1.54, 1.807) is 12.3 Å².